The molecule has 0 atom stereocenters. The molecule has 0 unspecified atom stereocenters. The third-order valence-electron chi connectivity index (χ3n) is 9.60. The molecule has 0 N–H and O–H groups in total. The lowest BCUT2D eigenvalue weighted by molar-refractivity contribution is 0.669. The molecular formula is C42H23NOS2. The Morgan fingerprint density at radius 1 is 0.391 bits per heavy atom. The van der Waals surface area contributed by atoms with Crippen molar-refractivity contribution in [2.24, 2.45) is 0 Å². The molecule has 4 heterocycles. The van der Waals surface area contributed by atoms with E-state index in [9.17, 15) is 0 Å². The van der Waals surface area contributed by atoms with Gasteiger partial charge in [-0.25, -0.2) is 0 Å². The zero-order valence-corrected chi connectivity index (χ0v) is 26.1. The highest BCUT2D eigenvalue weighted by Gasteiger charge is 2.19. The van der Waals surface area contributed by atoms with E-state index >= 15 is 0 Å². The third-order valence-corrected chi connectivity index (χ3v) is 11.9. The highest BCUT2D eigenvalue weighted by atomic mass is 32.1. The van der Waals surface area contributed by atoms with Crippen LogP contribution in [0.25, 0.3) is 101 Å². The van der Waals surface area contributed by atoms with Crippen LogP contribution < -0.4 is 0 Å². The second-order valence-corrected chi connectivity index (χ2v) is 14.3. The maximum atomic E-state index is 6.29. The van der Waals surface area contributed by atoms with Crippen molar-refractivity contribution in [1.29, 1.82) is 0 Å². The summed E-state index contributed by atoms with van der Waals surface area (Å²) >= 11 is 3.75. The second kappa shape index (κ2) is 9.07. The van der Waals surface area contributed by atoms with Crippen molar-refractivity contribution in [2.75, 3.05) is 0 Å². The van der Waals surface area contributed by atoms with Gasteiger partial charge in [-0.15, -0.1) is 22.7 Å². The van der Waals surface area contributed by atoms with Crippen LogP contribution in [0.5, 0.6) is 0 Å². The normalized spacial score (nSPS) is 12.3. The standard InChI is InChI=1S/C42H23NOS2/c1-4-10-33-29(8-1)41-34(17-18-36-42(41)30-9-2-5-11-35(30)44-36)43(33)26-15-20-39-32(23-26)28-16-13-25(22-40(28)46-39)24-14-19-38-31(21-24)27-7-3-6-12-37(27)45-38/h1-23H. The second-order valence-electron chi connectivity index (χ2n) is 12.1. The Bertz CT molecular complexity index is 3040. The minimum absolute atomic E-state index is 0.927. The Hall–Kier alpha value is -5.42. The molecule has 4 aromatic heterocycles. The number of nitrogens with zero attached hydrogens (tertiary/aromatic N) is 1. The molecule has 0 saturated heterocycles. The van der Waals surface area contributed by atoms with E-state index in [0.29, 0.717) is 0 Å². The molecule has 11 rings (SSSR count). The Labute approximate surface area is 270 Å². The van der Waals surface area contributed by atoms with Gasteiger partial charge in [0.05, 0.1) is 11.0 Å². The molecule has 214 valence electrons. The van der Waals surface area contributed by atoms with Crippen molar-refractivity contribution >= 4 is 107 Å². The molecule has 0 amide bonds. The third kappa shape index (κ3) is 3.35. The lowest BCUT2D eigenvalue weighted by Crippen LogP contribution is -1.93. The van der Waals surface area contributed by atoms with Crippen molar-refractivity contribution in [3.05, 3.63) is 140 Å². The van der Waals surface area contributed by atoms with E-state index in [2.05, 4.69) is 138 Å². The van der Waals surface area contributed by atoms with Crippen LogP contribution in [-0.2, 0) is 0 Å². The fourth-order valence-electron chi connectivity index (χ4n) is 7.54. The summed E-state index contributed by atoms with van der Waals surface area (Å²) in [5, 5.41) is 10.1. The minimum Gasteiger partial charge on any atom is -0.456 e. The summed E-state index contributed by atoms with van der Waals surface area (Å²) in [4.78, 5) is 0. The lowest BCUT2D eigenvalue weighted by Gasteiger charge is -2.08. The summed E-state index contributed by atoms with van der Waals surface area (Å²) < 4.78 is 14.0. The topological polar surface area (TPSA) is 18.1 Å². The Kier molecular flexibility index (Phi) is 4.90. The maximum absolute atomic E-state index is 6.29. The van der Waals surface area contributed by atoms with Gasteiger partial charge in [0.25, 0.3) is 0 Å². The van der Waals surface area contributed by atoms with Gasteiger partial charge < -0.3 is 8.98 Å². The van der Waals surface area contributed by atoms with Gasteiger partial charge in [-0.1, -0.05) is 72.8 Å². The molecule has 4 heteroatoms. The summed E-state index contributed by atoms with van der Waals surface area (Å²) in [6.07, 6.45) is 0. The number of aromatic nitrogens is 1. The molecule has 0 fully saturated rings. The largest absolute Gasteiger partial charge is 0.456 e. The van der Waals surface area contributed by atoms with E-state index in [1.54, 1.807) is 0 Å². The Morgan fingerprint density at radius 3 is 2.00 bits per heavy atom. The van der Waals surface area contributed by atoms with E-state index in [1.807, 2.05) is 28.7 Å². The summed E-state index contributed by atoms with van der Waals surface area (Å²) in [7, 11) is 0. The molecule has 11 aromatic rings. The van der Waals surface area contributed by atoms with Crippen LogP contribution in [0.2, 0.25) is 0 Å². The monoisotopic (exact) mass is 621 g/mol. The summed E-state index contributed by atoms with van der Waals surface area (Å²) in [5.41, 5.74) is 7.94. The van der Waals surface area contributed by atoms with E-state index in [4.69, 9.17) is 4.42 Å². The minimum atomic E-state index is 0.927. The highest BCUT2D eigenvalue weighted by Crippen LogP contribution is 2.43. The van der Waals surface area contributed by atoms with Crippen molar-refractivity contribution in [1.82, 2.24) is 4.57 Å². The van der Waals surface area contributed by atoms with Crippen molar-refractivity contribution in [2.45, 2.75) is 0 Å². The molecule has 2 nitrogen and oxygen atoms in total. The van der Waals surface area contributed by atoms with E-state index < -0.39 is 0 Å². The first kappa shape index (κ1) is 24.8. The zero-order chi connectivity index (χ0) is 29.9. The maximum Gasteiger partial charge on any atom is 0.136 e. The molecule has 0 aliphatic rings. The first-order valence-electron chi connectivity index (χ1n) is 15.5. The SMILES string of the molecule is c1ccc2c(c1)oc1ccc3c(c4ccccc4n3-c3ccc4sc5cc(-c6ccc7sc8ccccc8c7c6)ccc5c4c3)c12. The van der Waals surface area contributed by atoms with Gasteiger partial charge in [0.2, 0.25) is 0 Å². The fourth-order valence-corrected chi connectivity index (χ4v) is 9.75. The van der Waals surface area contributed by atoms with Crippen LogP contribution in [-0.4, -0.2) is 4.57 Å². The quantitative estimate of drug-likeness (QED) is 0.188. The van der Waals surface area contributed by atoms with Crippen LogP contribution in [0.3, 0.4) is 0 Å². The number of fused-ring (bicyclic) bond motifs is 13. The Morgan fingerprint density at radius 2 is 1.07 bits per heavy atom. The molecule has 0 radical (unpaired) electrons. The number of hydrogen-bond donors (Lipinski definition) is 0. The van der Waals surface area contributed by atoms with Crippen LogP contribution >= 0.6 is 22.7 Å². The number of para-hydroxylation sites is 2. The first-order chi connectivity index (χ1) is 22.8. The zero-order valence-electron chi connectivity index (χ0n) is 24.5. The van der Waals surface area contributed by atoms with Gasteiger partial charge in [0.15, 0.2) is 0 Å². The average molecular weight is 622 g/mol. The number of hydrogen-bond acceptors (Lipinski definition) is 3. The van der Waals surface area contributed by atoms with Gasteiger partial charge in [-0.3, -0.25) is 0 Å². The lowest BCUT2D eigenvalue weighted by atomic mass is 10.0. The fraction of sp³-hybridized carbons (Fsp3) is 0. The Balaban J connectivity index is 1.11. The molecule has 0 spiro atoms. The van der Waals surface area contributed by atoms with Crippen LogP contribution in [0.4, 0.5) is 0 Å². The molecule has 0 saturated carbocycles. The van der Waals surface area contributed by atoms with Crippen molar-refractivity contribution in [3.8, 4) is 16.8 Å². The van der Waals surface area contributed by atoms with E-state index in [1.165, 1.54) is 84.4 Å². The van der Waals surface area contributed by atoms with Crippen molar-refractivity contribution in [3.63, 3.8) is 0 Å². The summed E-state index contributed by atoms with van der Waals surface area (Å²) in [6.45, 7) is 0. The molecule has 7 aromatic carbocycles. The van der Waals surface area contributed by atoms with E-state index in [-0.39, 0.29) is 0 Å². The average Bonchev–Trinajstić information content (AvgIpc) is 3.85. The van der Waals surface area contributed by atoms with Gasteiger partial charge in [-0.2, -0.15) is 0 Å². The van der Waals surface area contributed by atoms with Gasteiger partial charge in [0.1, 0.15) is 11.2 Å². The molecule has 46 heavy (non-hydrogen) atoms. The van der Waals surface area contributed by atoms with E-state index in [0.717, 1.165) is 16.6 Å². The molecule has 0 aliphatic heterocycles. The predicted octanol–water partition coefficient (Wildman–Crippen LogP) is 13.1. The molecule has 0 bridgehead atoms. The van der Waals surface area contributed by atoms with Crippen LogP contribution in [0.1, 0.15) is 0 Å². The van der Waals surface area contributed by atoms with Gasteiger partial charge >= 0.3 is 0 Å². The number of benzene rings is 7. The van der Waals surface area contributed by atoms with Gasteiger partial charge in [0, 0.05) is 67.6 Å². The van der Waals surface area contributed by atoms with Crippen LogP contribution in [0, 0.1) is 0 Å². The predicted molar refractivity (Wildman–Crippen MR) is 199 cm³/mol. The smallest absolute Gasteiger partial charge is 0.136 e. The molecule has 0 aliphatic carbocycles. The number of furan rings is 1. The number of thiophene rings is 2. The van der Waals surface area contributed by atoms with Crippen LogP contribution in [0.15, 0.2) is 144 Å². The summed E-state index contributed by atoms with van der Waals surface area (Å²) in [6, 6.07) is 51.0. The van der Waals surface area contributed by atoms with Crippen molar-refractivity contribution < 1.29 is 4.42 Å². The number of rotatable bonds is 2. The first-order valence-corrected chi connectivity index (χ1v) is 17.1. The molecular weight excluding hydrogens is 599 g/mol. The summed E-state index contributed by atoms with van der Waals surface area (Å²) in [5.74, 6) is 0. The van der Waals surface area contributed by atoms with Gasteiger partial charge in [-0.05, 0) is 77.9 Å². The highest BCUT2D eigenvalue weighted by molar-refractivity contribution is 7.26.